The molecule has 1 N–H and O–H groups in total. The number of nitrogens with one attached hydrogen (secondary N) is 1. The lowest BCUT2D eigenvalue weighted by molar-refractivity contribution is 0.549. The van der Waals surface area contributed by atoms with Crippen molar-refractivity contribution in [1.82, 2.24) is 4.72 Å². The summed E-state index contributed by atoms with van der Waals surface area (Å²) < 4.78 is 64.0. The number of rotatable bonds is 6. The van der Waals surface area contributed by atoms with Gasteiger partial charge in [-0.25, -0.2) is 25.9 Å². The van der Waals surface area contributed by atoms with Gasteiger partial charge in [0, 0.05) is 12.3 Å². The van der Waals surface area contributed by atoms with Gasteiger partial charge in [0.2, 0.25) is 10.0 Å². The van der Waals surface area contributed by atoms with Crippen LogP contribution in [0.3, 0.4) is 0 Å². The van der Waals surface area contributed by atoms with E-state index in [0.717, 1.165) is 12.3 Å². The Kier molecular flexibility index (Phi) is 5.65. The topological polar surface area (TPSA) is 80.3 Å². The molecule has 0 aliphatic carbocycles. The second-order valence-corrected chi connectivity index (χ2v) is 9.56. The minimum Gasteiger partial charge on any atom is -0.224 e. The summed E-state index contributed by atoms with van der Waals surface area (Å²) in [5, 5.41) is 0. The summed E-state index contributed by atoms with van der Waals surface area (Å²) in [6.07, 6.45) is 1.58. The molecule has 136 valence electrons. The van der Waals surface area contributed by atoms with Gasteiger partial charge in [-0.1, -0.05) is 19.1 Å². The predicted octanol–water partition coefficient (Wildman–Crippen LogP) is 2.97. The fourth-order valence-electron chi connectivity index (χ4n) is 2.37. The molecule has 0 unspecified atom stereocenters. The van der Waals surface area contributed by atoms with E-state index in [9.17, 15) is 21.2 Å². The molecule has 0 heterocycles. The average Bonchev–Trinajstić information content (AvgIpc) is 2.54. The van der Waals surface area contributed by atoms with Gasteiger partial charge in [0.25, 0.3) is 0 Å². The minimum absolute atomic E-state index is 0.0161. The summed E-state index contributed by atoms with van der Waals surface area (Å²) in [4.78, 5) is 0.153. The van der Waals surface area contributed by atoms with Crippen LogP contribution < -0.4 is 4.72 Å². The van der Waals surface area contributed by atoms with E-state index in [1.807, 2.05) is 6.92 Å². The van der Waals surface area contributed by atoms with Gasteiger partial charge in [-0.2, -0.15) is 0 Å². The normalized spacial score (nSPS) is 13.6. The molecule has 2 aromatic rings. The van der Waals surface area contributed by atoms with Crippen molar-refractivity contribution in [3.63, 3.8) is 0 Å². The first kappa shape index (κ1) is 19.6. The van der Waals surface area contributed by atoms with Gasteiger partial charge in [0.1, 0.15) is 5.82 Å². The Labute approximate surface area is 147 Å². The van der Waals surface area contributed by atoms with Crippen LogP contribution in [0.5, 0.6) is 0 Å². The molecule has 8 heteroatoms. The van der Waals surface area contributed by atoms with E-state index < -0.39 is 31.7 Å². The first-order valence-corrected chi connectivity index (χ1v) is 11.0. The summed E-state index contributed by atoms with van der Waals surface area (Å²) in [7, 11) is -7.15. The molecule has 5 nitrogen and oxygen atoms in total. The van der Waals surface area contributed by atoms with E-state index in [0.29, 0.717) is 12.0 Å². The summed E-state index contributed by atoms with van der Waals surface area (Å²) in [5.74, 6) is -0.470. The van der Waals surface area contributed by atoms with Crippen molar-refractivity contribution in [2.45, 2.75) is 36.1 Å². The molecule has 0 aliphatic rings. The molecular formula is C17H20FNO4S2. The number of sulfonamides is 1. The van der Waals surface area contributed by atoms with E-state index >= 15 is 0 Å². The molecule has 0 radical (unpaired) electrons. The van der Waals surface area contributed by atoms with Crippen molar-refractivity contribution in [2.75, 3.05) is 6.26 Å². The van der Waals surface area contributed by atoms with Gasteiger partial charge in [0.15, 0.2) is 9.84 Å². The SMILES string of the molecule is CC[C@H](NS(=O)(=O)c1ccc(F)c(C)c1)c1ccc(S(C)(=O)=O)cc1. The zero-order chi connectivity index (χ0) is 18.8. The van der Waals surface area contributed by atoms with Gasteiger partial charge in [0.05, 0.1) is 9.79 Å². The van der Waals surface area contributed by atoms with Crippen molar-refractivity contribution in [3.8, 4) is 0 Å². The molecule has 2 rings (SSSR count). The lowest BCUT2D eigenvalue weighted by Crippen LogP contribution is -2.28. The van der Waals surface area contributed by atoms with Crippen LogP contribution in [0.4, 0.5) is 4.39 Å². The van der Waals surface area contributed by atoms with Crippen LogP contribution in [0.1, 0.15) is 30.5 Å². The molecule has 1 atom stereocenters. The maximum Gasteiger partial charge on any atom is 0.241 e. The maximum atomic E-state index is 13.4. The third kappa shape index (κ3) is 4.65. The van der Waals surface area contributed by atoms with Crippen LogP contribution >= 0.6 is 0 Å². The van der Waals surface area contributed by atoms with Crippen LogP contribution in [0.2, 0.25) is 0 Å². The third-order valence-corrected chi connectivity index (χ3v) is 6.45. The largest absolute Gasteiger partial charge is 0.241 e. The Balaban J connectivity index is 2.30. The Morgan fingerprint density at radius 2 is 1.56 bits per heavy atom. The van der Waals surface area contributed by atoms with Crippen molar-refractivity contribution in [2.24, 2.45) is 0 Å². The summed E-state index contributed by atoms with van der Waals surface area (Å²) >= 11 is 0. The molecule has 25 heavy (non-hydrogen) atoms. The van der Waals surface area contributed by atoms with Crippen molar-refractivity contribution < 1.29 is 21.2 Å². The van der Waals surface area contributed by atoms with E-state index in [1.165, 1.54) is 31.2 Å². The van der Waals surface area contributed by atoms with Crippen LogP contribution in [0.25, 0.3) is 0 Å². The van der Waals surface area contributed by atoms with Crippen LogP contribution in [0, 0.1) is 12.7 Å². The predicted molar refractivity (Wildman–Crippen MR) is 94.0 cm³/mol. The Morgan fingerprint density at radius 1 is 1.00 bits per heavy atom. The van der Waals surface area contributed by atoms with Gasteiger partial charge >= 0.3 is 0 Å². The molecule has 0 aliphatic heterocycles. The van der Waals surface area contributed by atoms with E-state index in [4.69, 9.17) is 0 Å². The van der Waals surface area contributed by atoms with E-state index in [-0.39, 0.29) is 15.4 Å². The minimum atomic E-state index is -3.83. The highest BCUT2D eigenvalue weighted by molar-refractivity contribution is 7.90. The number of benzene rings is 2. The summed E-state index contributed by atoms with van der Waals surface area (Å²) in [6, 6.07) is 9.15. The monoisotopic (exact) mass is 385 g/mol. The zero-order valence-electron chi connectivity index (χ0n) is 14.2. The summed E-state index contributed by atoms with van der Waals surface area (Å²) in [5.41, 5.74) is 0.894. The van der Waals surface area contributed by atoms with Crippen molar-refractivity contribution in [3.05, 3.63) is 59.4 Å². The fraction of sp³-hybridized carbons (Fsp3) is 0.294. The molecule has 0 aromatic heterocycles. The molecule has 0 saturated heterocycles. The Morgan fingerprint density at radius 3 is 2.04 bits per heavy atom. The maximum absolute atomic E-state index is 13.4. The van der Waals surface area contributed by atoms with Gasteiger partial charge in [-0.05, 0) is 54.8 Å². The van der Waals surface area contributed by atoms with Crippen LogP contribution in [-0.4, -0.2) is 23.1 Å². The highest BCUT2D eigenvalue weighted by atomic mass is 32.2. The number of sulfone groups is 1. The van der Waals surface area contributed by atoms with E-state index in [2.05, 4.69) is 4.72 Å². The lowest BCUT2D eigenvalue weighted by Gasteiger charge is -2.18. The van der Waals surface area contributed by atoms with E-state index in [1.54, 1.807) is 12.1 Å². The molecular weight excluding hydrogens is 365 g/mol. The molecule has 0 saturated carbocycles. The molecule has 0 bridgehead atoms. The third-order valence-electron chi connectivity index (χ3n) is 3.86. The van der Waals surface area contributed by atoms with Gasteiger partial charge in [-0.15, -0.1) is 0 Å². The molecule has 0 fully saturated rings. The van der Waals surface area contributed by atoms with Crippen LogP contribution in [0.15, 0.2) is 52.3 Å². The second kappa shape index (κ2) is 7.23. The van der Waals surface area contributed by atoms with Gasteiger partial charge in [-0.3, -0.25) is 0 Å². The Hall–Kier alpha value is -1.77. The highest BCUT2D eigenvalue weighted by Crippen LogP contribution is 2.22. The first-order valence-electron chi connectivity index (χ1n) is 7.63. The molecule has 0 spiro atoms. The number of hydrogen-bond donors (Lipinski definition) is 1. The quantitative estimate of drug-likeness (QED) is 0.829. The second-order valence-electron chi connectivity index (χ2n) is 5.83. The first-order chi connectivity index (χ1) is 11.5. The number of aryl methyl sites for hydroxylation is 1. The zero-order valence-corrected chi connectivity index (χ0v) is 15.8. The van der Waals surface area contributed by atoms with Gasteiger partial charge < -0.3 is 0 Å². The fourth-order valence-corrected chi connectivity index (χ4v) is 4.40. The van der Waals surface area contributed by atoms with Crippen LogP contribution in [-0.2, 0) is 19.9 Å². The molecule has 2 aromatic carbocycles. The average molecular weight is 385 g/mol. The highest BCUT2D eigenvalue weighted by Gasteiger charge is 2.21. The lowest BCUT2D eigenvalue weighted by atomic mass is 10.1. The standard InChI is InChI=1S/C17H20FNO4S2/c1-4-17(13-5-7-14(8-6-13)24(3,20)21)19-25(22,23)15-9-10-16(18)12(2)11-15/h5-11,17,19H,4H2,1-3H3/t17-/m0/s1. The molecule has 0 amide bonds. The number of halogens is 1. The van der Waals surface area contributed by atoms with Crippen molar-refractivity contribution in [1.29, 1.82) is 0 Å². The smallest absolute Gasteiger partial charge is 0.224 e. The Bertz CT molecular complexity index is 968. The van der Waals surface area contributed by atoms with Crippen molar-refractivity contribution >= 4 is 19.9 Å². The number of hydrogen-bond acceptors (Lipinski definition) is 4. The summed E-state index contributed by atoms with van der Waals surface area (Å²) in [6.45, 7) is 3.31.